The van der Waals surface area contributed by atoms with Gasteiger partial charge in [0.15, 0.2) is 0 Å². The lowest BCUT2D eigenvalue weighted by atomic mass is 10.0. The molecule has 150 valence electrons. The number of carboxylic acids is 1. The molecule has 0 saturated heterocycles. The minimum absolute atomic E-state index is 0.151. The maximum Gasteiger partial charge on any atom is 0.326 e. The highest BCUT2D eigenvalue weighted by atomic mass is 32.1. The third kappa shape index (κ3) is 6.78. The number of nitrogens with one attached hydrogen (secondary N) is 2. The van der Waals surface area contributed by atoms with E-state index in [1.54, 1.807) is 24.3 Å². The number of amides is 1. The Labute approximate surface area is 172 Å². The molecule has 2 aromatic carbocycles. The van der Waals surface area contributed by atoms with Crippen LogP contribution in [0.15, 0.2) is 42.5 Å². The van der Waals surface area contributed by atoms with Crippen molar-refractivity contribution in [1.29, 1.82) is 0 Å². The molecule has 2 rings (SSSR count). The molecule has 0 saturated carbocycles. The van der Waals surface area contributed by atoms with E-state index < -0.39 is 12.0 Å². The van der Waals surface area contributed by atoms with E-state index in [2.05, 4.69) is 10.6 Å². The number of anilines is 1. The fourth-order valence-corrected chi connectivity index (χ4v) is 3.23. The molecule has 6 heteroatoms. The number of carbonyl (C=O) groups is 2. The van der Waals surface area contributed by atoms with Crippen LogP contribution in [0.3, 0.4) is 0 Å². The lowest BCUT2D eigenvalue weighted by molar-refractivity contribution is -0.139. The molecule has 1 amide bonds. The number of thiocarbonyl (C=S) groups is 1. The van der Waals surface area contributed by atoms with E-state index in [1.165, 1.54) is 6.92 Å². The van der Waals surface area contributed by atoms with Gasteiger partial charge in [0.25, 0.3) is 0 Å². The molecule has 5 nitrogen and oxygen atoms in total. The van der Waals surface area contributed by atoms with Crippen molar-refractivity contribution in [3.8, 4) is 0 Å². The van der Waals surface area contributed by atoms with Gasteiger partial charge in [-0.3, -0.25) is 4.79 Å². The maximum absolute atomic E-state index is 11.7. The second kappa shape index (κ2) is 11.2. The van der Waals surface area contributed by atoms with Crippen LogP contribution in [0, 0.1) is 13.8 Å². The molecule has 0 aliphatic rings. The number of carbonyl (C=O) groups excluding carboxylic acids is 1. The molecule has 0 heterocycles. The lowest BCUT2D eigenvalue weighted by Gasteiger charge is -2.19. The van der Waals surface area contributed by atoms with E-state index in [9.17, 15) is 14.7 Å². The van der Waals surface area contributed by atoms with E-state index >= 15 is 0 Å². The van der Waals surface area contributed by atoms with Gasteiger partial charge in [-0.1, -0.05) is 56.4 Å². The molecule has 0 fully saturated rings. The van der Waals surface area contributed by atoms with E-state index in [4.69, 9.17) is 12.2 Å². The van der Waals surface area contributed by atoms with Crippen molar-refractivity contribution in [1.82, 2.24) is 5.32 Å². The summed E-state index contributed by atoms with van der Waals surface area (Å²) >= 11 is 5.45. The Morgan fingerprint density at radius 3 is 2.04 bits per heavy atom. The predicted octanol–water partition coefficient (Wildman–Crippen LogP) is 4.25. The van der Waals surface area contributed by atoms with Gasteiger partial charge < -0.3 is 15.7 Å². The van der Waals surface area contributed by atoms with Gasteiger partial charge in [-0.05, 0) is 42.7 Å². The van der Waals surface area contributed by atoms with Crippen LogP contribution in [-0.2, 0) is 16.0 Å². The van der Waals surface area contributed by atoms with Gasteiger partial charge in [0.05, 0.1) is 0 Å². The van der Waals surface area contributed by atoms with Crippen LogP contribution in [0.5, 0.6) is 0 Å². The van der Waals surface area contributed by atoms with Gasteiger partial charge in [0, 0.05) is 24.6 Å². The Morgan fingerprint density at radius 1 is 1.04 bits per heavy atom. The van der Waals surface area contributed by atoms with Crippen LogP contribution in [-0.4, -0.2) is 28.0 Å². The minimum Gasteiger partial charge on any atom is -0.480 e. The van der Waals surface area contributed by atoms with Gasteiger partial charge in [-0.25, -0.2) is 4.79 Å². The number of rotatable bonds is 6. The average Bonchev–Trinajstić information content (AvgIpc) is 2.63. The second-order valence-corrected chi connectivity index (χ2v) is 6.62. The molecular weight excluding hydrogens is 372 g/mol. The average molecular weight is 401 g/mol. The summed E-state index contributed by atoms with van der Waals surface area (Å²) in [5, 5.41) is 15.2. The van der Waals surface area contributed by atoms with Crippen LogP contribution < -0.4 is 10.6 Å². The zero-order valence-electron chi connectivity index (χ0n) is 17.0. The third-order valence-electron chi connectivity index (χ3n) is 4.03. The number of aryl methyl sites for hydroxylation is 2. The summed E-state index contributed by atoms with van der Waals surface area (Å²) in [6.45, 7) is 9.34. The van der Waals surface area contributed by atoms with Gasteiger partial charge in [-0.15, -0.1) is 0 Å². The van der Waals surface area contributed by atoms with Crippen molar-refractivity contribution in [3.63, 3.8) is 0 Å². The first kappa shape index (κ1) is 23.3. The van der Waals surface area contributed by atoms with Gasteiger partial charge in [0.2, 0.25) is 5.91 Å². The van der Waals surface area contributed by atoms with Gasteiger partial charge >= 0.3 is 5.97 Å². The zero-order chi connectivity index (χ0) is 21.3. The zero-order valence-corrected chi connectivity index (χ0v) is 17.8. The molecule has 0 radical (unpaired) electrons. The number of carboxylic acid groups (broad SMARTS) is 1. The molecule has 0 aromatic heterocycles. The Hall–Kier alpha value is -2.73. The SMILES string of the molecule is CC.CC(=O)Nc1ccc(CC(NC(=S)c2c(C)cccc2C)C(=O)O)cc1. The molecule has 2 aromatic rings. The molecule has 1 atom stereocenters. The van der Waals surface area contributed by atoms with E-state index in [-0.39, 0.29) is 12.3 Å². The highest BCUT2D eigenvalue weighted by Gasteiger charge is 2.20. The summed E-state index contributed by atoms with van der Waals surface area (Å²) in [4.78, 5) is 23.2. The van der Waals surface area contributed by atoms with Gasteiger partial charge in [0.1, 0.15) is 11.0 Å². The van der Waals surface area contributed by atoms with Crippen LogP contribution in [0.4, 0.5) is 5.69 Å². The Kier molecular flexibility index (Phi) is 9.32. The summed E-state index contributed by atoms with van der Waals surface area (Å²) in [6, 6.07) is 12.1. The van der Waals surface area contributed by atoms with Gasteiger partial charge in [-0.2, -0.15) is 0 Å². The molecule has 0 aliphatic carbocycles. The molecule has 0 aliphatic heterocycles. The smallest absolute Gasteiger partial charge is 0.326 e. The maximum atomic E-state index is 11.7. The van der Waals surface area contributed by atoms with Crippen LogP contribution in [0.1, 0.15) is 43.0 Å². The summed E-state index contributed by atoms with van der Waals surface area (Å²) in [5.74, 6) is -1.12. The van der Waals surface area contributed by atoms with Crippen molar-refractivity contribution in [2.45, 2.75) is 47.1 Å². The third-order valence-corrected chi connectivity index (χ3v) is 4.35. The fourth-order valence-electron chi connectivity index (χ4n) is 2.77. The Bertz CT molecular complexity index is 812. The molecule has 28 heavy (non-hydrogen) atoms. The largest absolute Gasteiger partial charge is 0.480 e. The van der Waals surface area contributed by atoms with Crippen molar-refractivity contribution in [3.05, 3.63) is 64.7 Å². The normalized spacial score (nSPS) is 10.9. The van der Waals surface area contributed by atoms with Crippen LogP contribution in [0.25, 0.3) is 0 Å². The Balaban J connectivity index is 0.00000190. The van der Waals surface area contributed by atoms with Crippen molar-refractivity contribution >= 4 is 34.8 Å². The monoisotopic (exact) mass is 400 g/mol. The first-order valence-corrected chi connectivity index (χ1v) is 9.65. The van der Waals surface area contributed by atoms with Crippen molar-refractivity contribution in [2.24, 2.45) is 0 Å². The predicted molar refractivity (Wildman–Crippen MR) is 118 cm³/mol. The number of aliphatic carboxylic acids is 1. The first-order valence-electron chi connectivity index (χ1n) is 9.24. The topological polar surface area (TPSA) is 78.4 Å². The van der Waals surface area contributed by atoms with Crippen molar-refractivity contribution in [2.75, 3.05) is 5.32 Å². The Morgan fingerprint density at radius 2 is 1.57 bits per heavy atom. The van der Waals surface area contributed by atoms with E-state index in [0.29, 0.717) is 10.7 Å². The highest BCUT2D eigenvalue weighted by molar-refractivity contribution is 7.80. The van der Waals surface area contributed by atoms with E-state index in [0.717, 1.165) is 22.3 Å². The molecular formula is C22H28N2O3S. The fraction of sp³-hybridized carbons (Fsp3) is 0.318. The lowest BCUT2D eigenvalue weighted by Crippen LogP contribution is -2.42. The quantitative estimate of drug-likeness (QED) is 0.632. The number of benzene rings is 2. The summed E-state index contributed by atoms with van der Waals surface area (Å²) in [7, 11) is 0. The molecule has 0 spiro atoms. The standard InChI is InChI=1S/C20H22N2O3S.C2H6/c1-12-5-4-6-13(2)18(12)19(26)22-17(20(24)25)11-15-7-9-16(10-8-15)21-14(3)23;1-2/h4-10,17H,11H2,1-3H3,(H,21,23)(H,22,26)(H,24,25);1-2H3. The highest BCUT2D eigenvalue weighted by Crippen LogP contribution is 2.15. The summed E-state index contributed by atoms with van der Waals surface area (Å²) in [5.41, 5.74) is 4.39. The molecule has 0 bridgehead atoms. The molecule has 1 unspecified atom stereocenters. The second-order valence-electron chi connectivity index (χ2n) is 6.21. The summed E-state index contributed by atoms with van der Waals surface area (Å²) < 4.78 is 0. The van der Waals surface area contributed by atoms with Crippen molar-refractivity contribution < 1.29 is 14.7 Å². The first-order chi connectivity index (χ1) is 13.3. The molecule has 3 N–H and O–H groups in total. The van der Waals surface area contributed by atoms with Crippen LogP contribution in [0.2, 0.25) is 0 Å². The summed E-state index contributed by atoms with van der Waals surface area (Å²) in [6.07, 6.45) is 0.279. The number of hydrogen-bond acceptors (Lipinski definition) is 3. The minimum atomic E-state index is -0.968. The van der Waals surface area contributed by atoms with Crippen LogP contribution >= 0.6 is 12.2 Å². The van der Waals surface area contributed by atoms with E-state index in [1.807, 2.05) is 45.9 Å². The number of hydrogen-bond donors (Lipinski definition) is 3.